The predicted molar refractivity (Wildman–Crippen MR) is 151 cm³/mol. The van der Waals surface area contributed by atoms with Crippen molar-refractivity contribution in [2.24, 2.45) is 11.1 Å². The number of aliphatic carboxylic acids is 1. The van der Waals surface area contributed by atoms with E-state index in [9.17, 15) is 32.7 Å². The largest absolute Gasteiger partial charge is 0.480 e. The first-order valence-corrected chi connectivity index (χ1v) is 15.9. The van der Waals surface area contributed by atoms with Crippen LogP contribution in [0.5, 0.6) is 0 Å². The molecule has 14 heteroatoms. The van der Waals surface area contributed by atoms with Crippen LogP contribution in [0.3, 0.4) is 0 Å². The number of carbonyl (C=O) groups is 4. The first-order chi connectivity index (χ1) is 19.3. The van der Waals surface area contributed by atoms with Gasteiger partial charge < -0.3 is 20.1 Å². The topological polar surface area (TPSA) is 185 Å². The summed E-state index contributed by atoms with van der Waals surface area (Å²) in [6.45, 7) is 3.72. The molecule has 12 nitrogen and oxygen atoms in total. The molecule has 1 saturated carbocycles. The number of carbonyl (C=O) groups excluding carboxylic acids is 3. The van der Waals surface area contributed by atoms with E-state index in [0.717, 1.165) is 31.7 Å². The Balaban J connectivity index is 1.56. The summed E-state index contributed by atoms with van der Waals surface area (Å²) in [5, 5.41) is 20.6. The fraction of sp³-hybridized carbons (Fsp3) is 0.630. The highest BCUT2D eigenvalue weighted by molar-refractivity contribution is 7.89. The van der Waals surface area contributed by atoms with Crippen molar-refractivity contribution < 1.29 is 37.4 Å². The van der Waals surface area contributed by atoms with Crippen LogP contribution in [0, 0.1) is 5.92 Å². The minimum Gasteiger partial charge on any atom is -0.480 e. The second kappa shape index (κ2) is 14.4. The molecular weight excluding hydrogens is 576 g/mol. The Kier molecular flexibility index (Phi) is 11.5. The van der Waals surface area contributed by atoms with Gasteiger partial charge in [0.15, 0.2) is 0 Å². The highest BCUT2D eigenvalue weighted by atomic mass is 35.5. The highest BCUT2D eigenvalue weighted by Crippen LogP contribution is 2.40. The van der Waals surface area contributed by atoms with Crippen LogP contribution in [0.15, 0.2) is 23.1 Å². The van der Waals surface area contributed by atoms with Gasteiger partial charge in [0.1, 0.15) is 17.0 Å². The van der Waals surface area contributed by atoms with Gasteiger partial charge in [-0.25, -0.2) is 18.4 Å². The lowest BCUT2D eigenvalue weighted by molar-refractivity contribution is -0.152. The molecule has 0 unspecified atom stereocenters. The number of ether oxygens (including phenoxy) is 1. The molecule has 41 heavy (non-hydrogen) atoms. The van der Waals surface area contributed by atoms with Crippen molar-refractivity contribution in [3.05, 3.63) is 28.8 Å². The van der Waals surface area contributed by atoms with Crippen molar-refractivity contribution in [2.45, 2.75) is 94.3 Å². The molecule has 0 radical (unpaired) electrons. The number of esters is 1. The molecule has 0 aromatic heterocycles. The number of halogens is 1. The fourth-order valence-electron chi connectivity index (χ4n) is 5.75. The van der Waals surface area contributed by atoms with Crippen LogP contribution in [0.4, 0.5) is 0 Å². The molecule has 1 aliphatic carbocycles. The third-order valence-corrected chi connectivity index (χ3v) is 9.12. The Hall–Kier alpha value is -2.74. The van der Waals surface area contributed by atoms with E-state index >= 15 is 0 Å². The SMILES string of the molecule is CCOC(=O)[C@H](CCCCNC(=O)c1ccc(Cl)c(S(N)(=O)=O)c1)N[C@@H](C)C(=O)N1[C@@H]2CCCC[C@@H]2C[C@H]1C(=O)O. The van der Waals surface area contributed by atoms with Gasteiger partial charge in [-0.05, 0) is 76.5 Å². The highest BCUT2D eigenvalue weighted by Gasteiger charge is 2.48. The quantitative estimate of drug-likeness (QED) is 0.191. The van der Waals surface area contributed by atoms with Gasteiger partial charge in [0.05, 0.1) is 17.7 Å². The molecule has 5 N–H and O–H groups in total. The number of hydrogen-bond donors (Lipinski definition) is 4. The predicted octanol–water partition coefficient (Wildman–Crippen LogP) is 2.04. The van der Waals surface area contributed by atoms with E-state index in [4.69, 9.17) is 21.5 Å². The fourth-order valence-corrected chi connectivity index (χ4v) is 6.82. The van der Waals surface area contributed by atoms with Crippen molar-refractivity contribution in [1.29, 1.82) is 0 Å². The number of fused-ring (bicyclic) bond motifs is 1. The summed E-state index contributed by atoms with van der Waals surface area (Å²) in [5.41, 5.74) is 0.0820. The number of rotatable bonds is 13. The normalized spacial score (nSPS) is 22.0. The van der Waals surface area contributed by atoms with Crippen LogP contribution in [0.1, 0.15) is 75.6 Å². The van der Waals surface area contributed by atoms with E-state index in [-0.39, 0.29) is 46.5 Å². The summed E-state index contributed by atoms with van der Waals surface area (Å²) in [4.78, 5) is 51.8. The first kappa shape index (κ1) is 32.8. The molecule has 1 heterocycles. The van der Waals surface area contributed by atoms with E-state index in [0.29, 0.717) is 25.7 Å². The van der Waals surface area contributed by atoms with E-state index in [1.165, 1.54) is 17.0 Å². The molecule has 0 bridgehead atoms. The number of carboxylic acid groups (broad SMARTS) is 1. The zero-order valence-corrected chi connectivity index (χ0v) is 24.9. The van der Waals surface area contributed by atoms with Gasteiger partial charge in [-0.15, -0.1) is 0 Å². The standard InChI is InChI=1S/C27H39ClN4O8S/c1-3-40-27(37)20(9-6-7-13-30-24(33)18-11-12-19(28)23(15-18)41(29,38)39)31-16(2)25(34)32-21-10-5-4-8-17(21)14-22(32)26(35)36/h11-12,15-17,20-22,31H,3-10,13-14H2,1-2H3,(H,30,33)(H,35,36)(H2,29,38,39)/t16-,17+,20-,21+,22-/m0/s1. The maximum Gasteiger partial charge on any atom is 0.326 e. The average Bonchev–Trinajstić information content (AvgIpc) is 3.31. The van der Waals surface area contributed by atoms with Crippen molar-refractivity contribution in [1.82, 2.24) is 15.5 Å². The number of carboxylic acids is 1. The number of unbranched alkanes of at least 4 members (excludes halogenated alkanes) is 1. The number of likely N-dealkylation sites (tertiary alicyclic amines) is 1. The molecule has 0 spiro atoms. The van der Waals surface area contributed by atoms with Gasteiger partial charge >= 0.3 is 11.9 Å². The number of amides is 2. The molecule has 1 aromatic rings. The van der Waals surface area contributed by atoms with Crippen LogP contribution in [0.25, 0.3) is 0 Å². The van der Waals surface area contributed by atoms with Gasteiger partial charge in [0, 0.05) is 18.2 Å². The lowest BCUT2D eigenvalue weighted by atomic mass is 9.84. The number of nitrogens with two attached hydrogens (primary N) is 1. The third kappa shape index (κ3) is 8.40. The molecule has 228 valence electrons. The number of nitrogens with zero attached hydrogens (tertiary/aromatic N) is 1. The second-order valence-electron chi connectivity index (χ2n) is 10.6. The maximum atomic E-state index is 13.5. The van der Waals surface area contributed by atoms with Crippen LogP contribution in [-0.2, 0) is 29.1 Å². The second-order valence-corrected chi connectivity index (χ2v) is 12.5. The molecule has 1 aromatic carbocycles. The van der Waals surface area contributed by atoms with Crippen molar-refractivity contribution in [2.75, 3.05) is 13.2 Å². The van der Waals surface area contributed by atoms with Gasteiger partial charge in [0.2, 0.25) is 15.9 Å². The Morgan fingerprint density at radius 2 is 1.90 bits per heavy atom. The van der Waals surface area contributed by atoms with Gasteiger partial charge in [-0.1, -0.05) is 24.4 Å². The number of primary sulfonamides is 1. The molecule has 1 aliphatic heterocycles. The number of hydrogen-bond acceptors (Lipinski definition) is 8. The monoisotopic (exact) mass is 614 g/mol. The smallest absolute Gasteiger partial charge is 0.326 e. The average molecular weight is 615 g/mol. The lowest BCUT2D eigenvalue weighted by Gasteiger charge is -2.35. The lowest BCUT2D eigenvalue weighted by Crippen LogP contribution is -2.55. The van der Waals surface area contributed by atoms with Crippen LogP contribution < -0.4 is 15.8 Å². The van der Waals surface area contributed by atoms with Gasteiger partial charge in [-0.2, -0.15) is 0 Å². The van der Waals surface area contributed by atoms with E-state index in [1.54, 1.807) is 13.8 Å². The Morgan fingerprint density at radius 1 is 1.20 bits per heavy atom. The van der Waals surface area contributed by atoms with E-state index < -0.39 is 46.0 Å². The van der Waals surface area contributed by atoms with Gasteiger partial charge in [0.25, 0.3) is 5.91 Å². The summed E-state index contributed by atoms with van der Waals surface area (Å²) in [7, 11) is -4.10. The summed E-state index contributed by atoms with van der Waals surface area (Å²) >= 11 is 5.87. The van der Waals surface area contributed by atoms with E-state index in [2.05, 4.69) is 10.6 Å². The summed E-state index contributed by atoms with van der Waals surface area (Å²) in [6, 6.07) is 1.20. The zero-order valence-electron chi connectivity index (χ0n) is 23.3. The molecule has 2 aliphatic rings. The van der Waals surface area contributed by atoms with Crippen LogP contribution in [0.2, 0.25) is 5.02 Å². The molecule has 1 saturated heterocycles. The zero-order chi connectivity index (χ0) is 30.3. The van der Waals surface area contributed by atoms with Crippen molar-refractivity contribution in [3.63, 3.8) is 0 Å². The Morgan fingerprint density at radius 3 is 2.56 bits per heavy atom. The number of benzene rings is 1. The number of sulfonamides is 1. The van der Waals surface area contributed by atoms with Gasteiger partial charge in [-0.3, -0.25) is 19.7 Å². The molecule has 2 amide bonds. The molecule has 2 fully saturated rings. The summed E-state index contributed by atoms with van der Waals surface area (Å²) < 4.78 is 28.5. The maximum absolute atomic E-state index is 13.5. The number of nitrogens with one attached hydrogen (secondary N) is 2. The van der Waals surface area contributed by atoms with Crippen LogP contribution in [-0.4, -0.2) is 79.5 Å². The Bertz CT molecular complexity index is 1240. The van der Waals surface area contributed by atoms with Crippen molar-refractivity contribution in [3.8, 4) is 0 Å². The molecular formula is C27H39ClN4O8S. The molecule has 5 atom stereocenters. The molecule has 3 rings (SSSR count). The minimum absolute atomic E-state index is 0.0820. The van der Waals surface area contributed by atoms with Crippen LogP contribution >= 0.6 is 11.6 Å². The third-order valence-electron chi connectivity index (χ3n) is 7.73. The first-order valence-electron chi connectivity index (χ1n) is 13.9. The minimum atomic E-state index is -4.10. The van der Waals surface area contributed by atoms with Crippen molar-refractivity contribution >= 4 is 45.4 Å². The van der Waals surface area contributed by atoms with E-state index in [1.807, 2.05) is 0 Å². The Labute approximate surface area is 245 Å². The summed E-state index contributed by atoms with van der Waals surface area (Å²) in [5.74, 6) is -2.19. The summed E-state index contributed by atoms with van der Waals surface area (Å²) in [6.07, 6.45) is 5.41.